The highest BCUT2D eigenvalue weighted by Crippen LogP contribution is 2.27. The number of benzene rings is 3. The fourth-order valence-electron chi connectivity index (χ4n) is 3.66. The van der Waals surface area contributed by atoms with Gasteiger partial charge in [-0.2, -0.15) is 0 Å². The minimum Gasteiger partial charge on any atom is -0.325 e. The molecular formula is C30H25N5O5S. The molecule has 10 nitrogen and oxygen atoms in total. The molecule has 0 spiro atoms. The molecule has 1 unspecified atom stereocenters. The van der Waals surface area contributed by atoms with Gasteiger partial charge in [0, 0.05) is 40.3 Å². The molecule has 206 valence electrons. The van der Waals surface area contributed by atoms with Crippen molar-refractivity contribution in [3.8, 4) is 0 Å². The smallest absolute Gasteiger partial charge is 0.276 e. The van der Waals surface area contributed by atoms with Crippen molar-refractivity contribution in [3.63, 3.8) is 0 Å². The van der Waals surface area contributed by atoms with Gasteiger partial charge >= 0.3 is 0 Å². The van der Waals surface area contributed by atoms with Gasteiger partial charge in [-0.3, -0.25) is 29.5 Å². The highest BCUT2D eigenvalue weighted by atomic mass is 32.2. The summed E-state index contributed by atoms with van der Waals surface area (Å²) in [4.78, 5) is 54.5. The van der Waals surface area contributed by atoms with Gasteiger partial charge < -0.3 is 16.0 Å². The lowest BCUT2D eigenvalue weighted by atomic mass is 10.1. The minimum absolute atomic E-state index is 0.148. The average molecular weight is 568 g/mol. The molecule has 0 fully saturated rings. The molecule has 0 bridgehead atoms. The molecule has 1 aromatic heterocycles. The largest absolute Gasteiger partial charge is 0.325 e. The van der Waals surface area contributed by atoms with Crippen molar-refractivity contribution in [2.75, 3.05) is 10.6 Å². The number of rotatable bonds is 10. The third-order valence-corrected chi connectivity index (χ3v) is 6.78. The number of carbonyl (C=O) groups excluding carboxylic acids is 3. The zero-order valence-corrected chi connectivity index (χ0v) is 22.6. The van der Waals surface area contributed by atoms with Gasteiger partial charge in [0.15, 0.2) is 0 Å². The normalized spacial score (nSPS) is 11.7. The van der Waals surface area contributed by atoms with E-state index in [0.717, 1.165) is 4.90 Å². The van der Waals surface area contributed by atoms with Gasteiger partial charge in [-0.05, 0) is 61.5 Å². The lowest BCUT2D eigenvalue weighted by molar-refractivity contribution is -0.385. The Hall–Kier alpha value is -5.29. The number of pyridine rings is 1. The number of nitro groups is 1. The number of nitro benzene ring substituents is 1. The molecule has 1 atom stereocenters. The molecule has 3 amide bonds. The van der Waals surface area contributed by atoms with Crippen LogP contribution in [-0.4, -0.2) is 32.9 Å². The number of thioether (sulfide) groups is 1. The first-order valence-electron chi connectivity index (χ1n) is 12.4. The van der Waals surface area contributed by atoms with E-state index in [1.165, 1.54) is 36.0 Å². The Morgan fingerprint density at radius 2 is 1.59 bits per heavy atom. The first-order chi connectivity index (χ1) is 19.8. The van der Waals surface area contributed by atoms with Crippen LogP contribution in [0.25, 0.3) is 6.08 Å². The van der Waals surface area contributed by atoms with Crippen LogP contribution in [0.3, 0.4) is 0 Å². The van der Waals surface area contributed by atoms with Crippen molar-refractivity contribution in [2.24, 2.45) is 0 Å². The molecular weight excluding hydrogens is 542 g/mol. The number of hydrogen-bond acceptors (Lipinski definition) is 7. The van der Waals surface area contributed by atoms with Crippen molar-refractivity contribution in [3.05, 3.63) is 130 Å². The van der Waals surface area contributed by atoms with Crippen molar-refractivity contribution in [2.45, 2.75) is 17.1 Å². The third-order valence-electron chi connectivity index (χ3n) is 5.68. The van der Waals surface area contributed by atoms with Crippen LogP contribution in [0.4, 0.5) is 17.1 Å². The molecule has 0 saturated heterocycles. The maximum Gasteiger partial charge on any atom is 0.276 e. The number of nitrogens with one attached hydrogen (secondary N) is 3. The summed E-state index contributed by atoms with van der Waals surface area (Å²) in [6.45, 7) is 1.76. The molecule has 11 heteroatoms. The van der Waals surface area contributed by atoms with Crippen molar-refractivity contribution >= 4 is 52.6 Å². The van der Waals surface area contributed by atoms with E-state index in [0.29, 0.717) is 16.9 Å². The van der Waals surface area contributed by atoms with Crippen molar-refractivity contribution in [1.82, 2.24) is 10.3 Å². The monoisotopic (exact) mass is 567 g/mol. The number of carbonyl (C=O) groups is 3. The molecule has 1 heterocycles. The Morgan fingerprint density at radius 1 is 0.878 bits per heavy atom. The first kappa shape index (κ1) is 28.7. The van der Waals surface area contributed by atoms with E-state index >= 15 is 0 Å². The molecule has 0 aliphatic carbocycles. The standard InChI is InChI=1S/C30H25N5O5S/c1-20(28(36)32-23-14-16-31-17-15-23)41-25-12-7-11-24(19-25)33-30(38)26(34-29(37)21-8-3-2-4-9-21)18-22-10-5-6-13-27(22)35(39)40/h2-20H,1H3,(H,33,38)(H,34,37)(H,31,32,36)/b26-18+. The Balaban J connectivity index is 1.53. The number of anilines is 2. The van der Waals surface area contributed by atoms with E-state index < -0.39 is 22.0 Å². The summed E-state index contributed by atoms with van der Waals surface area (Å²) >= 11 is 1.30. The second-order valence-corrected chi connectivity index (χ2v) is 10.1. The van der Waals surface area contributed by atoms with Gasteiger partial charge in [0.2, 0.25) is 5.91 Å². The fraction of sp³-hybridized carbons (Fsp3) is 0.0667. The predicted molar refractivity (Wildman–Crippen MR) is 158 cm³/mol. The predicted octanol–water partition coefficient (Wildman–Crippen LogP) is 5.52. The van der Waals surface area contributed by atoms with Gasteiger partial charge in [0.05, 0.1) is 15.7 Å². The van der Waals surface area contributed by atoms with E-state index in [2.05, 4.69) is 20.9 Å². The van der Waals surface area contributed by atoms with Crippen LogP contribution >= 0.6 is 11.8 Å². The fourth-order valence-corrected chi connectivity index (χ4v) is 4.58. The molecule has 4 rings (SSSR count). The third kappa shape index (κ3) is 8.10. The highest BCUT2D eigenvalue weighted by molar-refractivity contribution is 8.00. The summed E-state index contributed by atoms with van der Waals surface area (Å²) in [5, 5.41) is 19.2. The SMILES string of the molecule is CC(Sc1cccc(NC(=O)/C(=C\c2ccccc2[N+](=O)[O-])NC(=O)c2ccccc2)c1)C(=O)Nc1ccncc1. The number of para-hydroxylation sites is 1. The summed E-state index contributed by atoms with van der Waals surface area (Å²) in [5.74, 6) is -1.43. The molecule has 0 aliphatic heterocycles. The lowest BCUT2D eigenvalue weighted by Gasteiger charge is -2.14. The van der Waals surface area contributed by atoms with Gasteiger partial charge in [-0.25, -0.2) is 0 Å². The lowest BCUT2D eigenvalue weighted by Crippen LogP contribution is -2.30. The van der Waals surface area contributed by atoms with E-state index in [9.17, 15) is 24.5 Å². The van der Waals surface area contributed by atoms with Crippen LogP contribution in [0.1, 0.15) is 22.8 Å². The summed E-state index contributed by atoms with van der Waals surface area (Å²) in [6, 6.07) is 24.5. The molecule has 3 N–H and O–H groups in total. The van der Waals surface area contributed by atoms with Crippen molar-refractivity contribution < 1.29 is 19.3 Å². The highest BCUT2D eigenvalue weighted by Gasteiger charge is 2.19. The maximum absolute atomic E-state index is 13.4. The zero-order chi connectivity index (χ0) is 29.2. The maximum atomic E-state index is 13.4. The van der Waals surface area contributed by atoms with Gasteiger partial charge in [0.25, 0.3) is 17.5 Å². The van der Waals surface area contributed by atoms with E-state index in [4.69, 9.17) is 0 Å². The summed E-state index contributed by atoms with van der Waals surface area (Å²) < 4.78 is 0. The molecule has 3 aromatic carbocycles. The van der Waals surface area contributed by atoms with E-state index in [1.807, 2.05) is 0 Å². The van der Waals surface area contributed by atoms with Gasteiger partial charge in [-0.15, -0.1) is 11.8 Å². The number of amides is 3. The quantitative estimate of drug-likeness (QED) is 0.0991. The van der Waals surface area contributed by atoms with Gasteiger partial charge in [-0.1, -0.05) is 36.4 Å². The van der Waals surface area contributed by atoms with Crippen molar-refractivity contribution in [1.29, 1.82) is 0 Å². The van der Waals surface area contributed by atoms with Crippen LogP contribution in [0.15, 0.2) is 114 Å². The number of nitrogens with zero attached hydrogens (tertiary/aromatic N) is 2. The summed E-state index contributed by atoms with van der Waals surface area (Å²) in [7, 11) is 0. The molecule has 0 aliphatic rings. The van der Waals surface area contributed by atoms with Gasteiger partial charge in [0.1, 0.15) is 5.70 Å². The van der Waals surface area contributed by atoms with Crippen LogP contribution in [0.2, 0.25) is 0 Å². The summed E-state index contributed by atoms with van der Waals surface area (Å²) in [5.41, 5.74) is 1.10. The average Bonchev–Trinajstić information content (AvgIpc) is 2.98. The van der Waals surface area contributed by atoms with E-state index in [-0.39, 0.29) is 22.9 Å². The molecule has 0 saturated carbocycles. The van der Waals surface area contributed by atoms with Crippen LogP contribution in [0, 0.1) is 10.1 Å². The second-order valence-electron chi connectivity index (χ2n) is 8.66. The topological polar surface area (TPSA) is 143 Å². The number of hydrogen-bond donors (Lipinski definition) is 3. The molecule has 0 radical (unpaired) electrons. The van der Waals surface area contributed by atoms with Crippen LogP contribution < -0.4 is 16.0 Å². The second kappa shape index (κ2) is 13.7. The summed E-state index contributed by atoms with van der Waals surface area (Å²) in [6.07, 6.45) is 4.43. The molecule has 4 aromatic rings. The minimum atomic E-state index is -0.682. The van der Waals surface area contributed by atoms with Crippen LogP contribution in [0.5, 0.6) is 0 Å². The number of aromatic nitrogens is 1. The van der Waals surface area contributed by atoms with Crippen LogP contribution in [-0.2, 0) is 9.59 Å². The Morgan fingerprint density at radius 3 is 2.32 bits per heavy atom. The molecule has 41 heavy (non-hydrogen) atoms. The van der Waals surface area contributed by atoms with E-state index in [1.54, 1.807) is 92.1 Å². The zero-order valence-electron chi connectivity index (χ0n) is 21.8. The Labute approximate surface area is 240 Å². The first-order valence-corrected chi connectivity index (χ1v) is 13.3. The Kier molecular flexibility index (Phi) is 9.57. The Bertz CT molecular complexity index is 1600.